The summed E-state index contributed by atoms with van der Waals surface area (Å²) in [5.74, 6) is -3.20. The molecular weight excluding hydrogens is 783 g/mol. The molecule has 306 valence electrons. The molecule has 2 aromatic carbocycles. The van der Waals surface area contributed by atoms with Gasteiger partial charge in [0.1, 0.15) is 48.0 Å². The molecule has 60 heavy (non-hydrogen) atoms. The molecule has 6 heterocycles. The van der Waals surface area contributed by atoms with Gasteiger partial charge in [-0.1, -0.05) is 36.4 Å². The van der Waals surface area contributed by atoms with Gasteiger partial charge in [0.05, 0.1) is 13.1 Å². The molecule has 2 atom stereocenters. The van der Waals surface area contributed by atoms with Gasteiger partial charge in [0.15, 0.2) is 0 Å². The number of pyridine rings is 2. The van der Waals surface area contributed by atoms with E-state index in [1.165, 1.54) is 85.4 Å². The van der Waals surface area contributed by atoms with E-state index in [4.69, 9.17) is 0 Å². The molecule has 6 aromatic rings. The van der Waals surface area contributed by atoms with E-state index in [-0.39, 0.29) is 78.7 Å². The first-order valence-corrected chi connectivity index (χ1v) is 18.8. The number of likely N-dealkylation sites (N-methyl/N-ethyl adjacent to an activating group) is 2. The topological polar surface area (TPSA) is 204 Å². The Hall–Kier alpha value is -7.64. The van der Waals surface area contributed by atoms with E-state index in [1.807, 2.05) is 0 Å². The van der Waals surface area contributed by atoms with Crippen molar-refractivity contribution in [1.29, 1.82) is 0 Å². The third-order valence-corrected chi connectivity index (χ3v) is 10.5. The number of carbonyl (C=O) groups is 4. The monoisotopic (exact) mass is 818 g/mol. The van der Waals surface area contributed by atoms with Crippen molar-refractivity contribution >= 4 is 35.3 Å². The average molecular weight is 819 g/mol. The van der Waals surface area contributed by atoms with Gasteiger partial charge in [-0.05, 0) is 48.7 Å². The van der Waals surface area contributed by atoms with Gasteiger partial charge in [-0.3, -0.25) is 47.7 Å². The molecule has 20 heteroatoms. The highest BCUT2D eigenvalue weighted by Gasteiger charge is 2.33. The summed E-state index contributed by atoms with van der Waals surface area (Å²) < 4.78 is 35.1. The summed E-state index contributed by atoms with van der Waals surface area (Å²) in [6, 6.07) is 16.1. The molecule has 0 aliphatic carbocycles. The molecule has 0 unspecified atom stereocenters. The summed E-state index contributed by atoms with van der Waals surface area (Å²) in [5.41, 5.74) is 0.232. The predicted octanol–water partition coefficient (Wildman–Crippen LogP) is 1.57. The molecule has 0 bridgehead atoms. The van der Waals surface area contributed by atoms with E-state index in [9.17, 15) is 33.2 Å². The van der Waals surface area contributed by atoms with Crippen molar-refractivity contribution in [3.63, 3.8) is 0 Å². The van der Waals surface area contributed by atoms with E-state index >= 15 is 4.39 Å². The maximum absolute atomic E-state index is 15.6. The van der Waals surface area contributed by atoms with Crippen LogP contribution in [0.3, 0.4) is 0 Å². The van der Waals surface area contributed by atoms with Crippen LogP contribution in [0, 0.1) is 11.6 Å². The fourth-order valence-electron chi connectivity index (χ4n) is 7.26. The minimum absolute atomic E-state index is 0.0419. The second kappa shape index (κ2) is 16.0. The zero-order valence-corrected chi connectivity index (χ0v) is 32.2. The molecule has 0 fully saturated rings. The molecule has 18 nitrogen and oxygen atoms in total. The van der Waals surface area contributed by atoms with Crippen LogP contribution in [0.5, 0.6) is 0 Å². The fourth-order valence-corrected chi connectivity index (χ4v) is 7.26. The Morgan fingerprint density at radius 1 is 0.667 bits per heavy atom. The summed E-state index contributed by atoms with van der Waals surface area (Å²) in [5, 5.41) is 13.6. The number of rotatable bonds is 9. The van der Waals surface area contributed by atoms with Crippen molar-refractivity contribution < 1.29 is 28.0 Å². The van der Waals surface area contributed by atoms with Gasteiger partial charge in [0.25, 0.3) is 22.9 Å². The van der Waals surface area contributed by atoms with E-state index in [1.54, 1.807) is 42.5 Å². The highest BCUT2D eigenvalue weighted by molar-refractivity contribution is 6.01. The quantitative estimate of drug-likeness (QED) is 0.216. The molecule has 8 rings (SSSR count). The van der Waals surface area contributed by atoms with Gasteiger partial charge in [0.2, 0.25) is 23.5 Å². The number of carbonyl (C=O) groups excluding carboxylic acids is 4. The van der Waals surface area contributed by atoms with Gasteiger partial charge in [-0.15, -0.1) is 10.2 Å². The smallest absolute Gasteiger partial charge is 0.291 e. The van der Waals surface area contributed by atoms with E-state index in [2.05, 4.69) is 30.8 Å². The van der Waals surface area contributed by atoms with E-state index in [0.29, 0.717) is 11.4 Å². The number of fused-ring (bicyclic) bond motifs is 2. The highest BCUT2D eigenvalue weighted by atomic mass is 19.1. The van der Waals surface area contributed by atoms with Crippen molar-refractivity contribution in [2.75, 3.05) is 23.9 Å². The number of hydrogen-bond donors (Lipinski definition) is 2. The lowest BCUT2D eigenvalue weighted by Gasteiger charge is -2.21. The summed E-state index contributed by atoms with van der Waals surface area (Å²) in [7, 11) is 3.00. The van der Waals surface area contributed by atoms with Gasteiger partial charge in [-0.25, -0.2) is 28.1 Å². The number of nitrogens with one attached hydrogen (secondary N) is 2. The zero-order valence-electron chi connectivity index (χ0n) is 32.2. The Bertz CT molecular complexity index is 2810. The summed E-state index contributed by atoms with van der Waals surface area (Å²) in [6.07, 6.45) is 2.76. The second-order valence-corrected chi connectivity index (χ2v) is 14.3. The third kappa shape index (κ3) is 7.56. The summed E-state index contributed by atoms with van der Waals surface area (Å²) >= 11 is 0. The van der Waals surface area contributed by atoms with Crippen LogP contribution in [0.25, 0.3) is 11.1 Å². The lowest BCUT2D eigenvalue weighted by Crippen LogP contribution is -2.47. The lowest BCUT2D eigenvalue weighted by molar-refractivity contribution is -0.120. The second-order valence-electron chi connectivity index (χ2n) is 14.3. The van der Waals surface area contributed by atoms with Crippen LogP contribution in [-0.2, 0) is 35.8 Å². The number of amides is 4. The van der Waals surface area contributed by atoms with Crippen LogP contribution in [0.1, 0.15) is 45.2 Å². The van der Waals surface area contributed by atoms with Crippen LogP contribution in [0.2, 0.25) is 0 Å². The first kappa shape index (κ1) is 39.2. The maximum Gasteiger partial charge on any atom is 0.291 e. The van der Waals surface area contributed by atoms with Gasteiger partial charge < -0.3 is 10.6 Å². The first-order chi connectivity index (χ1) is 28.9. The van der Waals surface area contributed by atoms with Crippen molar-refractivity contribution in [2.24, 2.45) is 0 Å². The van der Waals surface area contributed by atoms with Gasteiger partial charge in [-0.2, -0.15) is 0 Å². The lowest BCUT2D eigenvalue weighted by atomic mass is 10.0. The third-order valence-electron chi connectivity index (χ3n) is 10.5. The number of aromatic nitrogens is 8. The summed E-state index contributed by atoms with van der Waals surface area (Å²) in [6.45, 7) is 0.179. The SMILES string of the molecule is CN1C(=O)[C@@H](NC(=O)c2ncn(Cc3ccc(-c4ccc5n(c4=O)CC[C@@H](NC(=O)c4ncn(Cc6ccccc6F)n4)C(=O)N5C)cc3F)n2)CCn2c1cccc2=O. The van der Waals surface area contributed by atoms with Crippen LogP contribution < -0.4 is 31.6 Å². The minimum Gasteiger partial charge on any atom is -0.337 e. The Balaban J connectivity index is 0.915. The number of benzene rings is 2. The van der Waals surface area contributed by atoms with Crippen molar-refractivity contribution in [1.82, 2.24) is 49.3 Å². The molecule has 2 aliphatic rings. The van der Waals surface area contributed by atoms with Gasteiger partial charge in [0, 0.05) is 49.9 Å². The Morgan fingerprint density at radius 3 is 1.83 bits per heavy atom. The summed E-state index contributed by atoms with van der Waals surface area (Å²) in [4.78, 5) is 89.6. The van der Waals surface area contributed by atoms with Crippen molar-refractivity contribution in [3.05, 3.63) is 141 Å². The number of nitrogens with zero attached hydrogens (tertiary/aromatic N) is 10. The Labute approximate surface area is 338 Å². The minimum atomic E-state index is -1.03. The number of hydrogen-bond acceptors (Lipinski definition) is 10. The van der Waals surface area contributed by atoms with Crippen LogP contribution in [-0.4, -0.2) is 88.5 Å². The van der Waals surface area contributed by atoms with Crippen LogP contribution in [0.4, 0.5) is 20.4 Å². The Morgan fingerprint density at radius 2 is 1.23 bits per heavy atom. The van der Waals surface area contributed by atoms with Crippen LogP contribution in [0.15, 0.2) is 95.0 Å². The van der Waals surface area contributed by atoms with Gasteiger partial charge >= 0.3 is 0 Å². The number of halogens is 2. The highest BCUT2D eigenvalue weighted by Crippen LogP contribution is 2.25. The normalized spacial score (nSPS) is 16.5. The predicted molar refractivity (Wildman–Crippen MR) is 210 cm³/mol. The molecule has 0 saturated heterocycles. The van der Waals surface area contributed by atoms with E-state index in [0.717, 1.165) is 0 Å². The zero-order chi connectivity index (χ0) is 42.2. The molecule has 4 aromatic heterocycles. The Kier molecular flexibility index (Phi) is 10.4. The molecule has 2 aliphatic heterocycles. The molecule has 4 amide bonds. The van der Waals surface area contributed by atoms with Crippen LogP contribution >= 0.6 is 0 Å². The van der Waals surface area contributed by atoms with Crippen molar-refractivity contribution in [2.45, 2.75) is 51.1 Å². The fraction of sp³-hybridized carbons (Fsp3) is 0.250. The number of anilines is 2. The molecule has 2 N–H and O–H groups in total. The average Bonchev–Trinajstić information content (AvgIpc) is 3.87. The van der Waals surface area contributed by atoms with E-state index < -0.39 is 52.9 Å². The first-order valence-electron chi connectivity index (χ1n) is 18.8. The molecular formula is C40H36F2N12O6. The largest absolute Gasteiger partial charge is 0.337 e. The standard InChI is InChI=1S/C40H36F2N12O6/c1-49-31-8-5-9-33(55)53(31)16-14-29(39(49)59)45-36(56)35-44-22-52(48-35)20-25-11-10-23(18-28(25)42)26-12-13-32-50(2)40(60)30(15-17-54(32)38(26)58)46-37(57)34-43-21-51(47-34)19-24-6-3-4-7-27(24)41/h3-13,18,21-22,29-30H,14-17,19-20H2,1-2H3,(H,45,56)(H,46,57)/t29-,30+/m0/s1. The molecule has 0 spiro atoms. The van der Waals surface area contributed by atoms with Crippen molar-refractivity contribution in [3.8, 4) is 11.1 Å². The molecule has 0 radical (unpaired) electrons. The molecule has 0 saturated carbocycles. The maximum atomic E-state index is 15.6.